The first-order valence-corrected chi connectivity index (χ1v) is 9.10. The number of aryl methyl sites for hydroxylation is 1. The summed E-state index contributed by atoms with van der Waals surface area (Å²) < 4.78 is 0. The van der Waals surface area contributed by atoms with E-state index < -0.39 is 0 Å². The second-order valence-corrected chi connectivity index (χ2v) is 6.59. The second kappa shape index (κ2) is 9.97. The SMILES string of the molecule is Cl.Nc1ccccc1CCC(=O)N1CCCN(C(=O)c2ccccc2)CC1. The van der Waals surface area contributed by atoms with Gasteiger partial charge in [0.05, 0.1) is 0 Å². The van der Waals surface area contributed by atoms with E-state index in [2.05, 4.69) is 0 Å². The molecule has 0 atom stereocenters. The maximum absolute atomic E-state index is 12.6. The molecule has 2 amide bonds. The van der Waals surface area contributed by atoms with Crippen molar-refractivity contribution in [1.29, 1.82) is 0 Å². The Morgan fingerprint density at radius 1 is 0.852 bits per heavy atom. The smallest absolute Gasteiger partial charge is 0.253 e. The molecule has 2 N–H and O–H groups in total. The third-order valence-corrected chi connectivity index (χ3v) is 4.82. The molecule has 1 aliphatic rings. The van der Waals surface area contributed by atoms with Crippen molar-refractivity contribution in [3.63, 3.8) is 0 Å². The number of nitrogens with zero attached hydrogens (tertiary/aromatic N) is 2. The number of hydrogen-bond donors (Lipinski definition) is 1. The summed E-state index contributed by atoms with van der Waals surface area (Å²) in [5.74, 6) is 0.166. The number of benzene rings is 2. The van der Waals surface area contributed by atoms with E-state index in [9.17, 15) is 9.59 Å². The lowest BCUT2D eigenvalue weighted by Crippen LogP contribution is -2.37. The molecule has 144 valence electrons. The monoisotopic (exact) mass is 387 g/mol. The van der Waals surface area contributed by atoms with Crippen molar-refractivity contribution >= 4 is 29.9 Å². The molecule has 0 aliphatic carbocycles. The van der Waals surface area contributed by atoms with Gasteiger partial charge in [0.15, 0.2) is 0 Å². The fourth-order valence-electron chi connectivity index (χ4n) is 3.29. The largest absolute Gasteiger partial charge is 0.399 e. The third kappa shape index (κ3) is 5.47. The second-order valence-electron chi connectivity index (χ2n) is 6.59. The summed E-state index contributed by atoms with van der Waals surface area (Å²) in [6.45, 7) is 2.54. The van der Waals surface area contributed by atoms with Crippen molar-refractivity contribution in [3.8, 4) is 0 Å². The lowest BCUT2D eigenvalue weighted by Gasteiger charge is -2.22. The van der Waals surface area contributed by atoms with Crippen LogP contribution >= 0.6 is 12.4 Å². The van der Waals surface area contributed by atoms with Crippen LogP contribution in [0.2, 0.25) is 0 Å². The summed E-state index contributed by atoms with van der Waals surface area (Å²) in [5.41, 5.74) is 8.39. The first-order valence-electron chi connectivity index (χ1n) is 9.10. The summed E-state index contributed by atoms with van der Waals surface area (Å²) in [5, 5.41) is 0. The molecule has 0 unspecified atom stereocenters. The normalized spacial score (nSPS) is 14.2. The predicted octanol–water partition coefficient (Wildman–Crippen LogP) is 3.00. The molecule has 1 fully saturated rings. The number of carbonyl (C=O) groups excluding carboxylic acids is 2. The number of para-hydroxylation sites is 1. The quantitative estimate of drug-likeness (QED) is 0.820. The molecule has 0 saturated carbocycles. The summed E-state index contributed by atoms with van der Waals surface area (Å²) >= 11 is 0. The van der Waals surface area contributed by atoms with Gasteiger partial charge in [-0.25, -0.2) is 0 Å². The minimum atomic E-state index is 0. The summed E-state index contributed by atoms with van der Waals surface area (Å²) in [4.78, 5) is 28.9. The maximum Gasteiger partial charge on any atom is 0.253 e. The standard InChI is InChI=1S/C21H25N3O2.ClH/c22-19-10-5-4-7-17(19)11-12-20(25)23-13-6-14-24(16-15-23)21(26)18-8-2-1-3-9-18;/h1-5,7-10H,6,11-16,22H2;1H. The van der Waals surface area contributed by atoms with E-state index in [1.165, 1.54) is 0 Å². The summed E-state index contributed by atoms with van der Waals surface area (Å²) in [6, 6.07) is 17.0. The topological polar surface area (TPSA) is 66.6 Å². The van der Waals surface area contributed by atoms with Crippen LogP contribution in [0.5, 0.6) is 0 Å². The van der Waals surface area contributed by atoms with E-state index in [-0.39, 0.29) is 24.2 Å². The molecule has 0 spiro atoms. The van der Waals surface area contributed by atoms with Gasteiger partial charge >= 0.3 is 0 Å². The Kier molecular flexibility index (Phi) is 7.67. The fraction of sp³-hybridized carbons (Fsp3) is 0.333. The number of hydrogen-bond acceptors (Lipinski definition) is 3. The van der Waals surface area contributed by atoms with Crippen LogP contribution in [0, 0.1) is 0 Å². The molecule has 1 aliphatic heterocycles. The van der Waals surface area contributed by atoms with Crippen LogP contribution in [0.1, 0.15) is 28.8 Å². The minimum absolute atomic E-state index is 0. The van der Waals surface area contributed by atoms with E-state index in [4.69, 9.17) is 5.73 Å². The molecule has 0 radical (unpaired) electrons. The van der Waals surface area contributed by atoms with Gasteiger partial charge in [0, 0.05) is 43.9 Å². The highest BCUT2D eigenvalue weighted by atomic mass is 35.5. The van der Waals surface area contributed by atoms with Crippen LogP contribution in [-0.2, 0) is 11.2 Å². The van der Waals surface area contributed by atoms with Crippen LogP contribution in [0.4, 0.5) is 5.69 Å². The van der Waals surface area contributed by atoms with Gasteiger partial charge in [-0.15, -0.1) is 12.4 Å². The lowest BCUT2D eigenvalue weighted by molar-refractivity contribution is -0.131. The zero-order chi connectivity index (χ0) is 18.4. The van der Waals surface area contributed by atoms with Crippen LogP contribution < -0.4 is 5.73 Å². The van der Waals surface area contributed by atoms with Crippen molar-refractivity contribution in [1.82, 2.24) is 9.80 Å². The van der Waals surface area contributed by atoms with Crippen LogP contribution in [0.3, 0.4) is 0 Å². The van der Waals surface area contributed by atoms with Gasteiger partial charge in [-0.05, 0) is 36.6 Å². The van der Waals surface area contributed by atoms with Crippen LogP contribution in [-0.4, -0.2) is 47.8 Å². The Bertz CT molecular complexity index is 767. The molecule has 27 heavy (non-hydrogen) atoms. The van der Waals surface area contributed by atoms with Gasteiger partial charge in [0.1, 0.15) is 0 Å². The highest BCUT2D eigenvalue weighted by molar-refractivity contribution is 5.94. The van der Waals surface area contributed by atoms with Crippen molar-refractivity contribution in [2.75, 3.05) is 31.9 Å². The van der Waals surface area contributed by atoms with Crippen LogP contribution in [0.25, 0.3) is 0 Å². The lowest BCUT2D eigenvalue weighted by atomic mass is 10.1. The Labute approximate surface area is 166 Å². The first-order chi connectivity index (χ1) is 12.6. The van der Waals surface area contributed by atoms with Crippen molar-refractivity contribution < 1.29 is 9.59 Å². The van der Waals surface area contributed by atoms with Gasteiger partial charge in [-0.2, -0.15) is 0 Å². The maximum atomic E-state index is 12.6. The number of rotatable bonds is 4. The Hall–Kier alpha value is -2.53. The highest BCUT2D eigenvalue weighted by Crippen LogP contribution is 2.15. The molecular formula is C21H26ClN3O2. The van der Waals surface area contributed by atoms with Gasteiger partial charge in [-0.3, -0.25) is 9.59 Å². The predicted molar refractivity (Wildman–Crippen MR) is 110 cm³/mol. The van der Waals surface area contributed by atoms with E-state index in [1.807, 2.05) is 64.4 Å². The number of amides is 2. The van der Waals surface area contributed by atoms with Gasteiger partial charge < -0.3 is 15.5 Å². The molecule has 2 aromatic rings. The molecule has 6 heteroatoms. The number of carbonyl (C=O) groups is 2. The zero-order valence-corrected chi connectivity index (χ0v) is 16.2. The van der Waals surface area contributed by atoms with Crippen molar-refractivity contribution in [2.24, 2.45) is 0 Å². The summed E-state index contributed by atoms with van der Waals surface area (Å²) in [6.07, 6.45) is 1.90. The summed E-state index contributed by atoms with van der Waals surface area (Å²) in [7, 11) is 0. The molecule has 1 saturated heterocycles. The Morgan fingerprint density at radius 3 is 2.22 bits per heavy atom. The molecule has 3 rings (SSSR count). The van der Waals surface area contributed by atoms with Crippen molar-refractivity contribution in [2.45, 2.75) is 19.3 Å². The number of nitrogens with two attached hydrogens (primary N) is 1. The van der Waals surface area contributed by atoms with Crippen LogP contribution in [0.15, 0.2) is 54.6 Å². The van der Waals surface area contributed by atoms with Gasteiger partial charge in [0.25, 0.3) is 5.91 Å². The van der Waals surface area contributed by atoms with Gasteiger partial charge in [-0.1, -0.05) is 36.4 Å². The molecule has 2 aromatic carbocycles. The Balaban J connectivity index is 0.00000261. The molecule has 0 aromatic heterocycles. The molecule has 0 bridgehead atoms. The molecule has 1 heterocycles. The third-order valence-electron chi connectivity index (χ3n) is 4.82. The molecular weight excluding hydrogens is 362 g/mol. The highest BCUT2D eigenvalue weighted by Gasteiger charge is 2.22. The number of anilines is 1. The van der Waals surface area contributed by atoms with Crippen molar-refractivity contribution in [3.05, 3.63) is 65.7 Å². The van der Waals surface area contributed by atoms with E-state index in [1.54, 1.807) is 0 Å². The number of halogens is 1. The Morgan fingerprint density at radius 2 is 1.48 bits per heavy atom. The zero-order valence-electron chi connectivity index (χ0n) is 15.3. The first kappa shape index (κ1) is 20.8. The molecule has 5 nitrogen and oxygen atoms in total. The fourth-order valence-corrected chi connectivity index (χ4v) is 3.29. The van der Waals surface area contributed by atoms with Gasteiger partial charge in [0.2, 0.25) is 5.91 Å². The van der Waals surface area contributed by atoms with E-state index >= 15 is 0 Å². The van der Waals surface area contributed by atoms with E-state index in [0.29, 0.717) is 44.6 Å². The average Bonchev–Trinajstić information content (AvgIpc) is 2.93. The average molecular weight is 388 g/mol. The minimum Gasteiger partial charge on any atom is -0.399 e. The van der Waals surface area contributed by atoms with E-state index in [0.717, 1.165) is 17.7 Å². The number of nitrogen functional groups attached to an aromatic ring is 1.